The molecular formula is C13H18FNO. The summed E-state index contributed by atoms with van der Waals surface area (Å²) >= 11 is 0. The predicted octanol–water partition coefficient (Wildman–Crippen LogP) is 2.65. The van der Waals surface area contributed by atoms with Crippen LogP contribution in [0, 0.1) is 5.82 Å². The topological polar surface area (TPSA) is 21.3 Å². The lowest BCUT2D eigenvalue weighted by Crippen LogP contribution is -2.45. The molecule has 1 fully saturated rings. The predicted molar refractivity (Wildman–Crippen MR) is 61.8 cm³/mol. The van der Waals surface area contributed by atoms with Crippen LogP contribution in [0.15, 0.2) is 24.3 Å². The highest BCUT2D eigenvalue weighted by Gasteiger charge is 2.29. The number of hydrogen-bond donors (Lipinski definition) is 1. The minimum atomic E-state index is -0.172. The van der Waals surface area contributed by atoms with Gasteiger partial charge in [-0.15, -0.1) is 0 Å². The Kier molecular flexibility index (Phi) is 3.56. The van der Waals surface area contributed by atoms with Crippen LogP contribution >= 0.6 is 0 Å². The van der Waals surface area contributed by atoms with Crippen molar-refractivity contribution in [3.8, 4) is 0 Å². The molecule has 1 atom stereocenters. The smallest absolute Gasteiger partial charge is 0.123 e. The average Bonchev–Trinajstić information content (AvgIpc) is 2.22. The molecule has 1 aliphatic rings. The highest BCUT2D eigenvalue weighted by molar-refractivity contribution is 5.19. The number of ether oxygens (including phenoxy) is 1. The molecule has 1 aromatic rings. The first-order valence-corrected chi connectivity index (χ1v) is 5.73. The number of rotatable bonds is 4. The Labute approximate surface area is 95.8 Å². The highest BCUT2D eigenvalue weighted by atomic mass is 19.1. The molecule has 0 aromatic heterocycles. The summed E-state index contributed by atoms with van der Waals surface area (Å²) in [5.74, 6) is -0.172. The van der Waals surface area contributed by atoms with Crippen molar-refractivity contribution in [2.24, 2.45) is 0 Å². The molecule has 1 aliphatic carbocycles. The van der Waals surface area contributed by atoms with Crippen LogP contribution < -0.4 is 5.32 Å². The number of hydrogen-bond acceptors (Lipinski definition) is 2. The second-order valence-corrected chi connectivity index (χ2v) is 4.47. The monoisotopic (exact) mass is 223 g/mol. The first-order valence-electron chi connectivity index (χ1n) is 5.73. The van der Waals surface area contributed by atoms with Crippen LogP contribution in [-0.2, 0) is 4.74 Å². The maximum Gasteiger partial charge on any atom is 0.123 e. The Morgan fingerprint density at radius 2 is 2.19 bits per heavy atom. The van der Waals surface area contributed by atoms with Crippen LogP contribution in [0.1, 0.15) is 31.4 Å². The van der Waals surface area contributed by atoms with Crippen LogP contribution in [0.2, 0.25) is 0 Å². The second-order valence-electron chi connectivity index (χ2n) is 4.47. The number of halogens is 1. The van der Waals surface area contributed by atoms with Crippen molar-refractivity contribution in [3.05, 3.63) is 35.6 Å². The Bertz CT molecular complexity index is 350. The molecule has 0 bridgehead atoms. The van der Waals surface area contributed by atoms with Gasteiger partial charge in [0.1, 0.15) is 5.82 Å². The van der Waals surface area contributed by atoms with Gasteiger partial charge in [0.2, 0.25) is 0 Å². The Morgan fingerprint density at radius 3 is 2.81 bits per heavy atom. The molecule has 0 saturated heterocycles. The van der Waals surface area contributed by atoms with E-state index < -0.39 is 0 Å². The zero-order valence-electron chi connectivity index (χ0n) is 9.74. The third-order valence-corrected chi connectivity index (χ3v) is 3.26. The van der Waals surface area contributed by atoms with Crippen molar-refractivity contribution in [1.29, 1.82) is 0 Å². The van der Waals surface area contributed by atoms with Gasteiger partial charge >= 0.3 is 0 Å². The molecule has 0 amide bonds. The van der Waals surface area contributed by atoms with Gasteiger partial charge in [0.25, 0.3) is 0 Å². The standard InChI is InChI=1S/C13H18FNO/c1-9(10-4-3-5-11(14)6-10)15-12-7-13(8-12)16-2/h3-6,9,12-13,15H,7-8H2,1-2H3/t9-,12?,13?/m1/s1. The minimum Gasteiger partial charge on any atom is -0.381 e. The van der Waals surface area contributed by atoms with Crippen LogP contribution in [0.3, 0.4) is 0 Å². The van der Waals surface area contributed by atoms with Crippen LogP contribution in [0.5, 0.6) is 0 Å². The summed E-state index contributed by atoms with van der Waals surface area (Å²) in [6.07, 6.45) is 2.50. The second kappa shape index (κ2) is 4.93. The lowest BCUT2D eigenvalue weighted by atomic mass is 9.88. The first kappa shape index (κ1) is 11.6. The van der Waals surface area contributed by atoms with E-state index in [2.05, 4.69) is 12.2 Å². The van der Waals surface area contributed by atoms with Gasteiger partial charge in [-0.25, -0.2) is 4.39 Å². The number of methoxy groups -OCH3 is 1. The highest BCUT2D eigenvalue weighted by Crippen LogP contribution is 2.25. The van der Waals surface area contributed by atoms with E-state index in [-0.39, 0.29) is 11.9 Å². The molecule has 0 unspecified atom stereocenters. The van der Waals surface area contributed by atoms with E-state index in [0.717, 1.165) is 18.4 Å². The van der Waals surface area contributed by atoms with Crippen LogP contribution in [0.4, 0.5) is 4.39 Å². The van der Waals surface area contributed by atoms with Crippen LogP contribution in [-0.4, -0.2) is 19.3 Å². The normalized spacial score (nSPS) is 26.2. The van der Waals surface area contributed by atoms with Gasteiger partial charge in [0, 0.05) is 19.2 Å². The van der Waals surface area contributed by atoms with Gasteiger partial charge in [0.05, 0.1) is 6.10 Å². The third kappa shape index (κ3) is 2.60. The molecule has 2 nitrogen and oxygen atoms in total. The van der Waals surface area contributed by atoms with E-state index in [9.17, 15) is 4.39 Å². The fraction of sp³-hybridized carbons (Fsp3) is 0.538. The molecule has 0 radical (unpaired) electrons. The quantitative estimate of drug-likeness (QED) is 0.847. The van der Waals surface area contributed by atoms with E-state index in [0.29, 0.717) is 12.1 Å². The molecule has 1 N–H and O–H groups in total. The fourth-order valence-corrected chi connectivity index (χ4v) is 2.12. The lowest BCUT2D eigenvalue weighted by Gasteiger charge is -2.36. The molecule has 1 saturated carbocycles. The van der Waals surface area contributed by atoms with Gasteiger partial charge in [-0.05, 0) is 37.5 Å². The largest absolute Gasteiger partial charge is 0.381 e. The van der Waals surface area contributed by atoms with Gasteiger partial charge in [-0.3, -0.25) is 0 Å². The Balaban J connectivity index is 1.87. The summed E-state index contributed by atoms with van der Waals surface area (Å²) < 4.78 is 18.3. The van der Waals surface area contributed by atoms with Gasteiger partial charge in [-0.2, -0.15) is 0 Å². The Morgan fingerprint density at radius 1 is 1.44 bits per heavy atom. The van der Waals surface area contributed by atoms with E-state index in [1.807, 2.05) is 6.07 Å². The zero-order valence-corrected chi connectivity index (χ0v) is 9.74. The molecule has 1 aromatic carbocycles. The molecule has 2 rings (SSSR count). The molecular weight excluding hydrogens is 205 g/mol. The van der Waals surface area contributed by atoms with Gasteiger partial charge in [0.15, 0.2) is 0 Å². The number of nitrogens with one attached hydrogen (secondary N) is 1. The van der Waals surface area contributed by atoms with E-state index in [1.165, 1.54) is 6.07 Å². The first-order chi connectivity index (χ1) is 7.69. The summed E-state index contributed by atoms with van der Waals surface area (Å²) in [7, 11) is 1.75. The van der Waals surface area contributed by atoms with Crippen molar-refractivity contribution < 1.29 is 9.13 Å². The summed E-state index contributed by atoms with van der Waals surface area (Å²) in [6, 6.07) is 7.46. The van der Waals surface area contributed by atoms with Crippen molar-refractivity contribution in [2.75, 3.05) is 7.11 Å². The maximum atomic E-state index is 13.0. The maximum absolute atomic E-state index is 13.0. The molecule has 16 heavy (non-hydrogen) atoms. The van der Waals surface area contributed by atoms with E-state index >= 15 is 0 Å². The Hall–Kier alpha value is -0.930. The zero-order chi connectivity index (χ0) is 11.5. The SMILES string of the molecule is COC1CC(N[C@H](C)c2cccc(F)c2)C1. The molecule has 0 aliphatic heterocycles. The summed E-state index contributed by atoms with van der Waals surface area (Å²) in [5, 5.41) is 3.48. The van der Waals surface area contributed by atoms with Crippen LogP contribution in [0.25, 0.3) is 0 Å². The average molecular weight is 223 g/mol. The van der Waals surface area contributed by atoms with Gasteiger partial charge < -0.3 is 10.1 Å². The third-order valence-electron chi connectivity index (χ3n) is 3.26. The van der Waals surface area contributed by atoms with E-state index in [1.54, 1.807) is 19.2 Å². The minimum absolute atomic E-state index is 0.172. The summed E-state index contributed by atoms with van der Waals surface area (Å²) in [5.41, 5.74) is 1.00. The molecule has 3 heteroatoms. The lowest BCUT2D eigenvalue weighted by molar-refractivity contribution is 0.0147. The molecule has 88 valence electrons. The molecule has 0 spiro atoms. The van der Waals surface area contributed by atoms with Crippen molar-refractivity contribution in [1.82, 2.24) is 5.32 Å². The van der Waals surface area contributed by atoms with Crippen molar-refractivity contribution >= 4 is 0 Å². The van der Waals surface area contributed by atoms with Crippen molar-refractivity contribution in [3.63, 3.8) is 0 Å². The summed E-state index contributed by atoms with van der Waals surface area (Å²) in [4.78, 5) is 0. The van der Waals surface area contributed by atoms with Gasteiger partial charge in [-0.1, -0.05) is 12.1 Å². The van der Waals surface area contributed by atoms with E-state index in [4.69, 9.17) is 4.74 Å². The fourth-order valence-electron chi connectivity index (χ4n) is 2.12. The van der Waals surface area contributed by atoms with Crippen molar-refractivity contribution in [2.45, 2.75) is 38.0 Å². The summed E-state index contributed by atoms with van der Waals surface area (Å²) in [6.45, 7) is 2.06. The number of benzene rings is 1. The molecule has 0 heterocycles.